The molecule has 0 radical (unpaired) electrons. The summed E-state index contributed by atoms with van der Waals surface area (Å²) in [7, 11) is 0. The van der Waals surface area contributed by atoms with Gasteiger partial charge in [-0.15, -0.1) is 0 Å². The van der Waals surface area contributed by atoms with E-state index in [4.69, 9.17) is 0 Å². The minimum Gasteiger partial charge on any atom is -0.351 e. The van der Waals surface area contributed by atoms with E-state index in [1.54, 1.807) is 29.2 Å². The lowest BCUT2D eigenvalue weighted by Gasteiger charge is -2.23. The maximum Gasteiger partial charge on any atom is 0.227 e. The highest BCUT2D eigenvalue weighted by Crippen LogP contribution is 2.26. The third-order valence-electron chi connectivity index (χ3n) is 3.49. The van der Waals surface area contributed by atoms with Gasteiger partial charge in [0.1, 0.15) is 0 Å². The number of hydrogen-bond acceptors (Lipinski definition) is 3. The monoisotopic (exact) mass is 317 g/mol. The van der Waals surface area contributed by atoms with Gasteiger partial charge < -0.3 is 15.5 Å². The van der Waals surface area contributed by atoms with E-state index < -0.39 is 0 Å². The molecule has 6 heteroatoms. The number of carbonyl (C=O) groups is 3. The average molecular weight is 317 g/mol. The fourth-order valence-electron chi connectivity index (χ4n) is 2.53. The van der Waals surface area contributed by atoms with Gasteiger partial charge in [0.25, 0.3) is 0 Å². The van der Waals surface area contributed by atoms with Crippen LogP contribution in [0.3, 0.4) is 0 Å². The molecule has 1 aromatic rings. The number of nitrogens with zero attached hydrogens (tertiary/aromatic N) is 1. The van der Waals surface area contributed by atoms with E-state index in [1.807, 2.05) is 20.8 Å². The van der Waals surface area contributed by atoms with Gasteiger partial charge in [-0.3, -0.25) is 14.4 Å². The van der Waals surface area contributed by atoms with Gasteiger partial charge in [-0.1, -0.05) is 0 Å². The molecule has 2 rings (SSSR count). The van der Waals surface area contributed by atoms with Gasteiger partial charge in [0.2, 0.25) is 17.7 Å². The van der Waals surface area contributed by atoms with Crippen molar-refractivity contribution in [3.05, 3.63) is 24.3 Å². The van der Waals surface area contributed by atoms with Crippen LogP contribution in [0, 0.1) is 5.92 Å². The standard InChI is InChI=1S/C17H23N3O3/c1-11(21)18-13-5-7-14(8-6-13)20-10-12(9-15(20)22)16(23)19-17(2,3)4/h5-8,12H,9-10H2,1-4H3,(H,18,21)(H,19,23). The van der Waals surface area contributed by atoms with Crippen LogP contribution in [0.15, 0.2) is 24.3 Å². The Bertz CT molecular complexity index is 617. The Morgan fingerprint density at radius 3 is 2.30 bits per heavy atom. The second-order valence-corrected chi connectivity index (χ2v) is 6.87. The smallest absolute Gasteiger partial charge is 0.227 e. The molecule has 0 aromatic heterocycles. The maximum absolute atomic E-state index is 12.2. The molecule has 1 unspecified atom stereocenters. The van der Waals surface area contributed by atoms with Crippen molar-refractivity contribution in [1.82, 2.24) is 5.32 Å². The zero-order chi connectivity index (χ0) is 17.2. The number of anilines is 2. The van der Waals surface area contributed by atoms with Crippen molar-refractivity contribution < 1.29 is 14.4 Å². The van der Waals surface area contributed by atoms with Crippen molar-refractivity contribution in [2.24, 2.45) is 5.92 Å². The van der Waals surface area contributed by atoms with Crippen LogP contribution in [-0.4, -0.2) is 29.8 Å². The van der Waals surface area contributed by atoms with E-state index in [-0.39, 0.29) is 35.6 Å². The quantitative estimate of drug-likeness (QED) is 0.894. The summed E-state index contributed by atoms with van der Waals surface area (Å²) in [5.74, 6) is -0.639. The maximum atomic E-state index is 12.2. The second kappa shape index (κ2) is 6.40. The van der Waals surface area contributed by atoms with Crippen LogP contribution in [0.1, 0.15) is 34.1 Å². The van der Waals surface area contributed by atoms with E-state index in [1.165, 1.54) is 6.92 Å². The molecule has 0 spiro atoms. The van der Waals surface area contributed by atoms with Crippen LogP contribution in [0.25, 0.3) is 0 Å². The molecule has 0 aliphatic carbocycles. The first-order chi connectivity index (χ1) is 10.7. The SMILES string of the molecule is CC(=O)Nc1ccc(N2CC(C(=O)NC(C)(C)C)CC2=O)cc1. The topological polar surface area (TPSA) is 78.5 Å². The van der Waals surface area contributed by atoms with Gasteiger partial charge in [-0.25, -0.2) is 0 Å². The lowest BCUT2D eigenvalue weighted by Crippen LogP contribution is -2.44. The summed E-state index contributed by atoms with van der Waals surface area (Å²) in [5, 5.41) is 5.60. The highest BCUT2D eigenvalue weighted by Gasteiger charge is 2.36. The molecule has 23 heavy (non-hydrogen) atoms. The molecule has 1 aliphatic rings. The summed E-state index contributed by atoms with van der Waals surface area (Å²) >= 11 is 0. The minimum absolute atomic E-state index is 0.0636. The molecule has 1 aliphatic heterocycles. The van der Waals surface area contributed by atoms with Crippen LogP contribution in [0.4, 0.5) is 11.4 Å². The van der Waals surface area contributed by atoms with E-state index >= 15 is 0 Å². The van der Waals surface area contributed by atoms with Gasteiger partial charge in [0.05, 0.1) is 5.92 Å². The molecule has 0 bridgehead atoms. The first kappa shape index (κ1) is 17.0. The van der Waals surface area contributed by atoms with Crippen molar-refractivity contribution in [3.8, 4) is 0 Å². The van der Waals surface area contributed by atoms with Gasteiger partial charge in [-0.05, 0) is 45.0 Å². The Kier molecular flexibility index (Phi) is 4.73. The van der Waals surface area contributed by atoms with Gasteiger partial charge >= 0.3 is 0 Å². The van der Waals surface area contributed by atoms with E-state index in [0.29, 0.717) is 12.2 Å². The fraction of sp³-hybridized carbons (Fsp3) is 0.471. The van der Waals surface area contributed by atoms with Crippen molar-refractivity contribution >= 4 is 29.1 Å². The fourth-order valence-corrected chi connectivity index (χ4v) is 2.53. The predicted molar refractivity (Wildman–Crippen MR) is 89.1 cm³/mol. The molecule has 1 heterocycles. The number of nitrogens with one attached hydrogen (secondary N) is 2. The van der Waals surface area contributed by atoms with Crippen LogP contribution < -0.4 is 15.5 Å². The number of rotatable bonds is 3. The molecule has 6 nitrogen and oxygen atoms in total. The number of carbonyl (C=O) groups excluding carboxylic acids is 3. The number of amides is 3. The van der Waals surface area contributed by atoms with E-state index in [0.717, 1.165) is 5.69 Å². The molecule has 0 saturated carbocycles. The molecule has 1 atom stereocenters. The van der Waals surface area contributed by atoms with Crippen LogP contribution >= 0.6 is 0 Å². The molecule has 1 saturated heterocycles. The Morgan fingerprint density at radius 1 is 1.17 bits per heavy atom. The summed E-state index contributed by atoms with van der Waals surface area (Å²) in [6, 6.07) is 7.03. The molecule has 124 valence electrons. The molecular formula is C17H23N3O3. The van der Waals surface area contributed by atoms with Crippen molar-refractivity contribution in [2.75, 3.05) is 16.8 Å². The van der Waals surface area contributed by atoms with Crippen molar-refractivity contribution in [1.29, 1.82) is 0 Å². The Labute approximate surface area is 136 Å². The molecule has 1 fully saturated rings. The Hall–Kier alpha value is -2.37. The van der Waals surface area contributed by atoms with Crippen LogP contribution in [-0.2, 0) is 14.4 Å². The third-order valence-corrected chi connectivity index (χ3v) is 3.49. The lowest BCUT2D eigenvalue weighted by atomic mass is 10.0. The van der Waals surface area contributed by atoms with E-state index in [9.17, 15) is 14.4 Å². The first-order valence-electron chi connectivity index (χ1n) is 7.66. The highest BCUT2D eigenvalue weighted by molar-refractivity contribution is 6.00. The lowest BCUT2D eigenvalue weighted by molar-refractivity contribution is -0.127. The summed E-state index contributed by atoms with van der Waals surface area (Å²) < 4.78 is 0. The van der Waals surface area contributed by atoms with Gasteiger partial charge in [0.15, 0.2) is 0 Å². The number of benzene rings is 1. The molecule has 3 amide bonds. The van der Waals surface area contributed by atoms with Crippen LogP contribution in [0.5, 0.6) is 0 Å². The average Bonchev–Trinajstić information content (AvgIpc) is 2.79. The van der Waals surface area contributed by atoms with Crippen molar-refractivity contribution in [3.63, 3.8) is 0 Å². The second-order valence-electron chi connectivity index (χ2n) is 6.87. The molecule has 2 N–H and O–H groups in total. The third kappa shape index (κ3) is 4.55. The normalized spacial score (nSPS) is 18.0. The Morgan fingerprint density at radius 2 is 1.78 bits per heavy atom. The predicted octanol–water partition coefficient (Wildman–Crippen LogP) is 1.91. The summed E-state index contributed by atoms with van der Waals surface area (Å²) in [4.78, 5) is 37.0. The zero-order valence-corrected chi connectivity index (χ0v) is 14.0. The van der Waals surface area contributed by atoms with Gasteiger partial charge in [0, 0.05) is 36.8 Å². The zero-order valence-electron chi connectivity index (χ0n) is 14.0. The summed E-state index contributed by atoms with van der Waals surface area (Å²) in [5.41, 5.74) is 1.10. The van der Waals surface area contributed by atoms with Crippen molar-refractivity contribution in [2.45, 2.75) is 39.7 Å². The summed E-state index contributed by atoms with van der Waals surface area (Å²) in [6.45, 7) is 7.57. The highest BCUT2D eigenvalue weighted by atomic mass is 16.2. The van der Waals surface area contributed by atoms with E-state index in [2.05, 4.69) is 10.6 Å². The minimum atomic E-state index is -0.336. The first-order valence-corrected chi connectivity index (χ1v) is 7.66. The largest absolute Gasteiger partial charge is 0.351 e. The molecular weight excluding hydrogens is 294 g/mol. The Balaban J connectivity index is 2.05. The summed E-state index contributed by atoms with van der Waals surface area (Å²) in [6.07, 6.45) is 0.218. The molecule has 1 aromatic carbocycles. The van der Waals surface area contributed by atoms with Crippen LogP contribution in [0.2, 0.25) is 0 Å². The van der Waals surface area contributed by atoms with Gasteiger partial charge in [-0.2, -0.15) is 0 Å². The number of hydrogen-bond donors (Lipinski definition) is 2.